The van der Waals surface area contributed by atoms with Gasteiger partial charge in [0.2, 0.25) is 0 Å². The van der Waals surface area contributed by atoms with Gasteiger partial charge in [-0.15, -0.1) is 0 Å². The van der Waals surface area contributed by atoms with E-state index in [1.54, 1.807) is 0 Å². The Hall–Kier alpha value is -0.830. The molecule has 3 nitrogen and oxygen atoms in total. The van der Waals surface area contributed by atoms with E-state index in [0.717, 1.165) is 30.9 Å². The second-order valence-corrected chi connectivity index (χ2v) is 3.30. The van der Waals surface area contributed by atoms with Gasteiger partial charge in [-0.25, -0.2) is 0 Å². The van der Waals surface area contributed by atoms with Crippen molar-refractivity contribution in [3.63, 3.8) is 0 Å². The number of hydrogen-bond donors (Lipinski definition) is 1. The Labute approximate surface area is 87.7 Å². The largest absolute Gasteiger partial charge is 0.402 e. The van der Waals surface area contributed by atoms with Crippen LogP contribution in [0.15, 0.2) is 16.3 Å². The average molecular weight is 197 g/mol. The van der Waals surface area contributed by atoms with Crippen LogP contribution in [0.5, 0.6) is 0 Å². The fourth-order valence-electron chi connectivity index (χ4n) is 1.39. The maximum Gasteiger partial charge on any atom is 0.0376 e. The van der Waals surface area contributed by atoms with Crippen molar-refractivity contribution in [1.29, 1.82) is 0 Å². The summed E-state index contributed by atoms with van der Waals surface area (Å²) >= 11 is 0. The van der Waals surface area contributed by atoms with Crippen LogP contribution in [0.2, 0.25) is 0 Å². The minimum Gasteiger partial charge on any atom is -0.402 e. The third-order valence-corrected chi connectivity index (χ3v) is 2.35. The summed E-state index contributed by atoms with van der Waals surface area (Å²) in [5, 5.41) is 0. The van der Waals surface area contributed by atoms with Crippen molar-refractivity contribution in [3.05, 3.63) is 11.3 Å². The smallest absolute Gasteiger partial charge is 0.0376 e. The predicted molar refractivity (Wildman–Crippen MR) is 63.7 cm³/mol. The number of nitrogens with two attached hydrogens (primary N) is 1. The van der Waals surface area contributed by atoms with Crippen LogP contribution >= 0.6 is 0 Å². The molecule has 0 unspecified atom stereocenters. The first-order chi connectivity index (χ1) is 6.65. The Kier molecular flexibility index (Phi) is 6.21. The summed E-state index contributed by atoms with van der Waals surface area (Å²) < 4.78 is 0. The SMILES string of the molecule is CC.CN=C(C)C1=C(N)CCN(C)C1. The summed E-state index contributed by atoms with van der Waals surface area (Å²) in [7, 11) is 3.92. The van der Waals surface area contributed by atoms with Crippen LogP contribution in [0.1, 0.15) is 27.2 Å². The molecule has 0 saturated heterocycles. The Morgan fingerprint density at radius 2 is 2.00 bits per heavy atom. The van der Waals surface area contributed by atoms with Crippen molar-refractivity contribution < 1.29 is 0 Å². The normalized spacial score (nSPS) is 19.1. The molecule has 0 aliphatic carbocycles. The van der Waals surface area contributed by atoms with E-state index in [-0.39, 0.29) is 0 Å². The van der Waals surface area contributed by atoms with E-state index >= 15 is 0 Å². The zero-order valence-corrected chi connectivity index (χ0v) is 10.1. The van der Waals surface area contributed by atoms with Crippen molar-refractivity contribution in [3.8, 4) is 0 Å². The number of aliphatic imine (C=N–C) groups is 1. The van der Waals surface area contributed by atoms with Gasteiger partial charge in [0, 0.05) is 43.5 Å². The highest BCUT2D eigenvalue weighted by molar-refractivity contribution is 5.99. The van der Waals surface area contributed by atoms with Crippen molar-refractivity contribution in [2.75, 3.05) is 27.2 Å². The van der Waals surface area contributed by atoms with Gasteiger partial charge in [0.15, 0.2) is 0 Å². The standard InChI is InChI=1S/C9H17N3.C2H6/c1-7(11-2)8-6-12(3)5-4-9(8)10;1-2/h4-6,10H2,1-3H3;1-2H3. The van der Waals surface area contributed by atoms with Crippen LogP contribution in [-0.2, 0) is 0 Å². The van der Waals surface area contributed by atoms with Gasteiger partial charge in [-0.1, -0.05) is 13.8 Å². The van der Waals surface area contributed by atoms with Gasteiger partial charge in [0.05, 0.1) is 0 Å². The van der Waals surface area contributed by atoms with Gasteiger partial charge in [0.25, 0.3) is 0 Å². The quantitative estimate of drug-likeness (QED) is 0.649. The molecule has 0 aromatic carbocycles. The van der Waals surface area contributed by atoms with Gasteiger partial charge < -0.3 is 10.6 Å². The van der Waals surface area contributed by atoms with E-state index in [2.05, 4.69) is 16.9 Å². The fraction of sp³-hybridized carbons (Fsp3) is 0.727. The van der Waals surface area contributed by atoms with Crippen molar-refractivity contribution in [1.82, 2.24) is 4.90 Å². The lowest BCUT2D eigenvalue weighted by Gasteiger charge is -2.25. The lowest BCUT2D eigenvalue weighted by atomic mass is 10.0. The Morgan fingerprint density at radius 3 is 2.50 bits per heavy atom. The highest BCUT2D eigenvalue weighted by Crippen LogP contribution is 2.13. The molecule has 0 amide bonds. The average Bonchev–Trinajstić information content (AvgIpc) is 2.23. The third-order valence-electron chi connectivity index (χ3n) is 2.35. The van der Waals surface area contributed by atoms with Gasteiger partial charge in [0.1, 0.15) is 0 Å². The van der Waals surface area contributed by atoms with Gasteiger partial charge in [-0.2, -0.15) is 0 Å². The monoisotopic (exact) mass is 197 g/mol. The van der Waals surface area contributed by atoms with Crippen molar-refractivity contribution in [2.24, 2.45) is 10.7 Å². The third kappa shape index (κ3) is 3.50. The predicted octanol–water partition coefficient (Wildman–Crippen LogP) is 1.65. The van der Waals surface area contributed by atoms with Gasteiger partial charge >= 0.3 is 0 Å². The number of rotatable bonds is 1. The summed E-state index contributed by atoms with van der Waals surface area (Å²) in [4.78, 5) is 6.41. The lowest BCUT2D eigenvalue weighted by molar-refractivity contribution is 0.352. The van der Waals surface area contributed by atoms with E-state index in [9.17, 15) is 0 Å². The van der Waals surface area contributed by atoms with Crippen molar-refractivity contribution in [2.45, 2.75) is 27.2 Å². The van der Waals surface area contributed by atoms with Crippen LogP contribution in [-0.4, -0.2) is 37.8 Å². The number of likely N-dealkylation sites (N-methyl/N-ethyl adjacent to an activating group) is 1. The summed E-state index contributed by atoms with van der Waals surface area (Å²) in [6.07, 6.45) is 0.971. The molecule has 0 bridgehead atoms. The molecule has 14 heavy (non-hydrogen) atoms. The van der Waals surface area contributed by atoms with E-state index in [0.29, 0.717) is 0 Å². The minimum atomic E-state index is 0.939. The Morgan fingerprint density at radius 1 is 1.43 bits per heavy atom. The first kappa shape index (κ1) is 13.2. The molecule has 2 N–H and O–H groups in total. The molecule has 0 fully saturated rings. The summed E-state index contributed by atoms with van der Waals surface area (Å²) in [5.41, 5.74) is 9.18. The molecule has 0 radical (unpaired) electrons. The van der Waals surface area contributed by atoms with E-state index in [4.69, 9.17) is 5.73 Å². The maximum absolute atomic E-state index is 5.89. The zero-order chi connectivity index (χ0) is 11.1. The molecule has 0 aromatic rings. The molecule has 3 heteroatoms. The van der Waals surface area contributed by atoms with E-state index in [1.807, 2.05) is 27.8 Å². The van der Waals surface area contributed by atoms with Crippen LogP contribution in [0.3, 0.4) is 0 Å². The van der Waals surface area contributed by atoms with Gasteiger partial charge in [-0.05, 0) is 14.0 Å². The molecule has 0 saturated carbocycles. The molecule has 82 valence electrons. The molecule has 1 aliphatic heterocycles. The van der Waals surface area contributed by atoms with E-state index in [1.165, 1.54) is 5.57 Å². The fourth-order valence-corrected chi connectivity index (χ4v) is 1.39. The summed E-state index contributed by atoms with van der Waals surface area (Å²) in [6, 6.07) is 0. The first-order valence-corrected chi connectivity index (χ1v) is 5.25. The second kappa shape index (κ2) is 6.60. The molecule has 0 atom stereocenters. The molecule has 0 spiro atoms. The maximum atomic E-state index is 5.89. The molecule has 0 aromatic heterocycles. The van der Waals surface area contributed by atoms with Crippen LogP contribution in [0.25, 0.3) is 0 Å². The Bertz CT molecular complexity index is 229. The highest BCUT2D eigenvalue weighted by atomic mass is 15.1. The molecular weight excluding hydrogens is 174 g/mol. The van der Waals surface area contributed by atoms with Crippen LogP contribution < -0.4 is 5.73 Å². The number of hydrogen-bond acceptors (Lipinski definition) is 3. The topological polar surface area (TPSA) is 41.6 Å². The van der Waals surface area contributed by atoms with Crippen LogP contribution in [0, 0.1) is 0 Å². The van der Waals surface area contributed by atoms with Gasteiger partial charge in [-0.3, -0.25) is 4.99 Å². The number of nitrogens with zero attached hydrogens (tertiary/aromatic N) is 2. The lowest BCUT2D eigenvalue weighted by Crippen LogP contribution is -2.32. The van der Waals surface area contributed by atoms with Crippen LogP contribution in [0.4, 0.5) is 0 Å². The summed E-state index contributed by atoms with van der Waals surface area (Å²) in [5.74, 6) is 0. The minimum absolute atomic E-state index is 0.939. The molecule has 1 aliphatic rings. The van der Waals surface area contributed by atoms with Crippen molar-refractivity contribution >= 4 is 5.71 Å². The first-order valence-electron chi connectivity index (χ1n) is 5.25. The second-order valence-electron chi connectivity index (χ2n) is 3.30. The zero-order valence-electron chi connectivity index (χ0n) is 10.1. The molecule has 1 rings (SSSR count). The highest BCUT2D eigenvalue weighted by Gasteiger charge is 2.15. The Balaban J connectivity index is 0.000000791. The molecular formula is C11H23N3. The summed E-state index contributed by atoms with van der Waals surface area (Å²) in [6.45, 7) is 8.02. The van der Waals surface area contributed by atoms with E-state index < -0.39 is 0 Å². The molecule has 1 heterocycles.